The third-order valence-corrected chi connectivity index (χ3v) is 3.97. The van der Waals surface area contributed by atoms with Crippen LogP contribution >= 0.6 is 22.3 Å². The number of halogens is 2. The summed E-state index contributed by atoms with van der Waals surface area (Å²) in [7, 11) is 1.47. The highest BCUT2D eigenvalue weighted by atomic mass is 35.7. The zero-order chi connectivity index (χ0) is 13.1. The molecule has 0 aromatic heterocycles. The van der Waals surface area contributed by atoms with Crippen LogP contribution in [0.3, 0.4) is 0 Å². The Labute approximate surface area is 111 Å². The van der Waals surface area contributed by atoms with Gasteiger partial charge in [-0.1, -0.05) is 31.9 Å². The predicted octanol–water partition coefficient (Wildman–Crippen LogP) is 3.69. The average molecular weight is 297 g/mol. The number of benzene rings is 1. The molecule has 1 unspecified atom stereocenters. The maximum Gasteiger partial charge on any atom is 0.265 e. The highest BCUT2D eigenvalue weighted by molar-refractivity contribution is 8.13. The summed E-state index contributed by atoms with van der Waals surface area (Å²) in [4.78, 5) is -0.0880. The number of hydrogen-bond acceptors (Lipinski definition) is 3. The molecule has 0 spiro atoms. The highest BCUT2D eigenvalue weighted by Crippen LogP contribution is 2.30. The van der Waals surface area contributed by atoms with E-state index in [0.717, 1.165) is 6.42 Å². The third-order valence-electron chi connectivity index (χ3n) is 2.39. The maximum atomic E-state index is 11.3. The van der Waals surface area contributed by atoms with Crippen molar-refractivity contribution >= 4 is 31.3 Å². The van der Waals surface area contributed by atoms with Gasteiger partial charge in [0.15, 0.2) is 0 Å². The van der Waals surface area contributed by atoms with Crippen molar-refractivity contribution in [1.29, 1.82) is 0 Å². The molecule has 1 atom stereocenters. The van der Waals surface area contributed by atoms with Gasteiger partial charge in [-0.05, 0) is 24.1 Å². The fourth-order valence-electron chi connectivity index (χ4n) is 1.14. The first kappa shape index (κ1) is 14.6. The van der Waals surface area contributed by atoms with Gasteiger partial charge < -0.3 is 4.74 Å². The van der Waals surface area contributed by atoms with Crippen LogP contribution in [-0.2, 0) is 9.05 Å². The summed E-state index contributed by atoms with van der Waals surface area (Å²) in [6.45, 7) is 4.50. The van der Waals surface area contributed by atoms with Crippen LogP contribution in [0.25, 0.3) is 0 Å². The van der Waals surface area contributed by atoms with Crippen LogP contribution in [0.5, 0.6) is 5.75 Å². The fourth-order valence-corrected chi connectivity index (χ4v) is 2.38. The van der Waals surface area contributed by atoms with Gasteiger partial charge in [-0.3, -0.25) is 0 Å². The molecule has 0 saturated heterocycles. The Morgan fingerprint density at radius 3 is 2.59 bits per heavy atom. The number of rotatable bonds is 5. The zero-order valence-corrected chi connectivity index (χ0v) is 11.9. The van der Waals surface area contributed by atoms with Gasteiger partial charge in [0.05, 0.1) is 6.61 Å². The molecule has 0 aliphatic rings. The zero-order valence-electron chi connectivity index (χ0n) is 9.61. The van der Waals surface area contributed by atoms with Crippen molar-refractivity contribution < 1.29 is 13.2 Å². The van der Waals surface area contributed by atoms with Crippen LogP contribution in [0.4, 0.5) is 0 Å². The van der Waals surface area contributed by atoms with Crippen molar-refractivity contribution in [1.82, 2.24) is 0 Å². The quantitative estimate of drug-likeness (QED) is 0.778. The molecule has 0 N–H and O–H groups in total. The minimum absolute atomic E-state index is 0.0880. The van der Waals surface area contributed by atoms with Crippen LogP contribution < -0.4 is 4.74 Å². The van der Waals surface area contributed by atoms with Crippen molar-refractivity contribution in [3.05, 3.63) is 23.2 Å². The molecule has 1 aromatic rings. The molecule has 0 aliphatic carbocycles. The molecule has 3 nitrogen and oxygen atoms in total. The van der Waals surface area contributed by atoms with E-state index in [1.165, 1.54) is 12.1 Å². The lowest BCUT2D eigenvalue weighted by atomic mass is 10.1. The van der Waals surface area contributed by atoms with Gasteiger partial charge in [-0.2, -0.15) is 0 Å². The van der Waals surface area contributed by atoms with E-state index in [-0.39, 0.29) is 10.6 Å². The van der Waals surface area contributed by atoms with E-state index >= 15 is 0 Å². The lowest BCUT2D eigenvalue weighted by molar-refractivity contribution is 0.251. The van der Waals surface area contributed by atoms with E-state index in [0.29, 0.717) is 17.5 Å². The normalized spacial score (nSPS) is 13.4. The average Bonchev–Trinajstić information content (AvgIpc) is 2.25. The van der Waals surface area contributed by atoms with Gasteiger partial charge in [0.1, 0.15) is 10.6 Å². The Bertz CT molecular complexity index is 485. The van der Waals surface area contributed by atoms with Crippen molar-refractivity contribution in [3.63, 3.8) is 0 Å². The van der Waals surface area contributed by atoms with Gasteiger partial charge in [-0.15, -0.1) is 0 Å². The van der Waals surface area contributed by atoms with Crippen LogP contribution in [0.1, 0.15) is 20.3 Å². The first-order valence-electron chi connectivity index (χ1n) is 5.21. The molecule has 1 rings (SSSR count). The molecule has 0 saturated carbocycles. The van der Waals surface area contributed by atoms with E-state index in [1.54, 1.807) is 6.07 Å². The molecule has 0 heterocycles. The van der Waals surface area contributed by atoms with E-state index in [4.69, 9.17) is 27.0 Å². The Morgan fingerprint density at radius 2 is 2.06 bits per heavy atom. The summed E-state index contributed by atoms with van der Waals surface area (Å²) in [6, 6.07) is 4.37. The second-order valence-corrected chi connectivity index (χ2v) is 6.82. The SMILES string of the molecule is CCC(C)COc1ccc(Cl)cc1S(=O)(=O)Cl. The summed E-state index contributed by atoms with van der Waals surface area (Å²) in [6.07, 6.45) is 0.955. The first-order valence-corrected chi connectivity index (χ1v) is 7.90. The first-order chi connectivity index (χ1) is 7.84. The largest absolute Gasteiger partial charge is 0.492 e. The topological polar surface area (TPSA) is 43.4 Å². The van der Waals surface area contributed by atoms with Crippen molar-refractivity contribution in [2.24, 2.45) is 5.92 Å². The number of hydrogen-bond donors (Lipinski definition) is 0. The molecule has 0 fully saturated rings. The minimum atomic E-state index is -3.85. The molecule has 0 amide bonds. The van der Waals surface area contributed by atoms with Crippen LogP contribution in [0.2, 0.25) is 5.02 Å². The Kier molecular flexibility index (Phi) is 5.10. The summed E-state index contributed by atoms with van der Waals surface area (Å²) in [5, 5.41) is 0.306. The summed E-state index contributed by atoms with van der Waals surface area (Å²) < 4.78 is 28.1. The van der Waals surface area contributed by atoms with Crippen LogP contribution in [0.15, 0.2) is 23.1 Å². The Hall–Kier alpha value is -0.450. The lowest BCUT2D eigenvalue weighted by Gasteiger charge is -2.13. The molecule has 1 aromatic carbocycles. The van der Waals surface area contributed by atoms with Crippen molar-refractivity contribution in [2.75, 3.05) is 6.61 Å². The summed E-state index contributed by atoms with van der Waals surface area (Å²) >= 11 is 5.73. The fraction of sp³-hybridized carbons (Fsp3) is 0.455. The van der Waals surface area contributed by atoms with Gasteiger partial charge in [0, 0.05) is 15.7 Å². The minimum Gasteiger partial charge on any atom is -0.492 e. The standard InChI is InChI=1S/C11H14Cl2O3S/c1-3-8(2)7-16-10-5-4-9(12)6-11(10)17(13,14)15/h4-6,8H,3,7H2,1-2H3. The second-order valence-electron chi connectivity index (χ2n) is 3.85. The molecule has 96 valence electrons. The monoisotopic (exact) mass is 296 g/mol. The Morgan fingerprint density at radius 1 is 1.41 bits per heavy atom. The predicted molar refractivity (Wildman–Crippen MR) is 69.4 cm³/mol. The van der Waals surface area contributed by atoms with E-state index in [2.05, 4.69) is 0 Å². The van der Waals surface area contributed by atoms with Crippen LogP contribution in [-0.4, -0.2) is 15.0 Å². The van der Waals surface area contributed by atoms with Gasteiger partial charge in [0.25, 0.3) is 9.05 Å². The molecule has 0 radical (unpaired) electrons. The number of ether oxygens (including phenoxy) is 1. The van der Waals surface area contributed by atoms with Crippen molar-refractivity contribution in [2.45, 2.75) is 25.2 Å². The van der Waals surface area contributed by atoms with E-state index in [9.17, 15) is 8.42 Å². The molecular formula is C11H14Cl2O3S. The second kappa shape index (κ2) is 5.94. The van der Waals surface area contributed by atoms with Gasteiger partial charge >= 0.3 is 0 Å². The smallest absolute Gasteiger partial charge is 0.265 e. The van der Waals surface area contributed by atoms with E-state index < -0.39 is 9.05 Å². The summed E-state index contributed by atoms with van der Waals surface area (Å²) in [5.41, 5.74) is 0. The lowest BCUT2D eigenvalue weighted by Crippen LogP contribution is -2.09. The molecular weight excluding hydrogens is 283 g/mol. The molecule has 0 aliphatic heterocycles. The van der Waals surface area contributed by atoms with Crippen LogP contribution in [0, 0.1) is 5.92 Å². The Balaban J connectivity index is 3.00. The third kappa shape index (κ3) is 4.37. The van der Waals surface area contributed by atoms with Gasteiger partial charge in [-0.25, -0.2) is 8.42 Å². The highest BCUT2D eigenvalue weighted by Gasteiger charge is 2.18. The molecule has 17 heavy (non-hydrogen) atoms. The van der Waals surface area contributed by atoms with E-state index in [1.807, 2.05) is 13.8 Å². The summed E-state index contributed by atoms with van der Waals surface area (Å²) in [5.74, 6) is 0.584. The van der Waals surface area contributed by atoms with Crippen molar-refractivity contribution in [3.8, 4) is 5.75 Å². The molecule has 6 heteroatoms. The molecule has 0 bridgehead atoms. The van der Waals surface area contributed by atoms with Gasteiger partial charge in [0.2, 0.25) is 0 Å². The maximum absolute atomic E-state index is 11.3.